The standard InChI is InChI=1S/C20H18F2N2O/c1-13-3-2-4-15-19(13)16(14-5-6-17(21)18(22)11-14)12-23-20(15)24-7-9-25-10-8-24/h2-6,11-12H,7-10H2,1H3. The van der Waals surface area contributed by atoms with Crippen LogP contribution in [0.2, 0.25) is 0 Å². The average molecular weight is 340 g/mol. The summed E-state index contributed by atoms with van der Waals surface area (Å²) in [7, 11) is 0. The molecular weight excluding hydrogens is 322 g/mol. The van der Waals surface area contributed by atoms with Crippen LogP contribution >= 0.6 is 0 Å². The van der Waals surface area contributed by atoms with Gasteiger partial charge < -0.3 is 9.64 Å². The molecule has 128 valence electrons. The number of nitrogens with zero attached hydrogens (tertiary/aromatic N) is 2. The molecule has 0 atom stereocenters. The first-order valence-corrected chi connectivity index (χ1v) is 8.31. The minimum atomic E-state index is -0.850. The number of anilines is 1. The van der Waals surface area contributed by atoms with Gasteiger partial charge in [0.1, 0.15) is 5.82 Å². The fourth-order valence-corrected chi connectivity index (χ4v) is 3.38. The maximum Gasteiger partial charge on any atom is 0.159 e. The van der Waals surface area contributed by atoms with Gasteiger partial charge in [-0.25, -0.2) is 13.8 Å². The Hall–Kier alpha value is -2.53. The third kappa shape index (κ3) is 2.85. The Morgan fingerprint density at radius 2 is 1.84 bits per heavy atom. The van der Waals surface area contributed by atoms with E-state index in [1.54, 1.807) is 12.3 Å². The van der Waals surface area contributed by atoms with E-state index in [9.17, 15) is 8.78 Å². The van der Waals surface area contributed by atoms with E-state index in [2.05, 4.69) is 9.88 Å². The summed E-state index contributed by atoms with van der Waals surface area (Å²) in [6.07, 6.45) is 1.76. The van der Waals surface area contributed by atoms with Crippen LogP contribution in [0, 0.1) is 18.6 Å². The van der Waals surface area contributed by atoms with Crippen molar-refractivity contribution in [3.63, 3.8) is 0 Å². The van der Waals surface area contributed by atoms with Gasteiger partial charge in [-0.1, -0.05) is 24.3 Å². The Morgan fingerprint density at radius 3 is 2.60 bits per heavy atom. The van der Waals surface area contributed by atoms with Crippen LogP contribution < -0.4 is 4.90 Å². The molecular formula is C20H18F2N2O. The lowest BCUT2D eigenvalue weighted by Crippen LogP contribution is -2.36. The van der Waals surface area contributed by atoms with E-state index >= 15 is 0 Å². The van der Waals surface area contributed by atoms with Crippen LogP contribution in [0.25, 0.3) is 21.9 Å². The minimum Gasteiger partial charge on any atom is -0.378 e. The number of fused-ring (bicyclic) bond motifs is 1. The first-order valence-electron chi connectivity index (χ1n) is 8.31. The van der Waals surface area contributed by atoms with Crippen molar-refractivity contribution < 1.29 is 13.5 Å². The molecule has 5 heteroatoms. The second-order valence-corrected chi connectivity index (χ2v) is 6.22. The molecule has 0 amide bonds. The highest BCUT2D eigenvalue weighted by atomic mass is 19.2. The molecule has 4 rings (SSSR count). The monoisotopic (exact) mass is 340 g/mol. The third-order valence-electron chi connectivity index (χ3n) is 4.64. The summed E-state index contributed by atoms with van der Waals surface area (Å²) >= 11 is 0. The summed E-state index contributed by atoms with van der Waals surface area (Å²) in [5.41, 5.74) is 2.51. The summed E-state index contributed by atoms with van der Waals surface area (Å²) in [6, 6.07) is 10.0. The molecule has 1 aromatic heterocycles. The van der Waals surface area contributed by atoms with E-state index in [0.717, 1.165) is 46.9 Å². The van der Waals surface area contributed by atoms with Crippen molar-refractivity contribution in [2.24, 2.45) is 0 Å². The van der Waals surface area contributed by atoms with E-state index in [4.69, 9.17) is 4.74 Å². The summed E-state index contributed by atoms with van der Waals surface area (Å²) in [6.45, 7) is 4.97. The third-order valence-corrected chi connectivity index (χ3v) is 4.64. The Bertz CT molecular complexity index is 936. The number of benzene rings is 2. The fraction of sp³-hybridized carbons (Fsp3) is 0.250. The van der Waals surface area contributed by atoms with Gasteiger partial charge in [-0.2, -0.15) is 0 Å². The molecule has 2 heterocycles. The molecule has 0 unspecified atom stereocenters. The molecule has 0 spiro atoms. The van der Waals surface area contributed by atoms with Crippen molar-refractivity contribution in [3.05, 3.63) is 59.8 Å². The minimum absolute atomic E-state index is 0.624. The molecule has 2 aromatic carbocycles. The number of aryl methyl sites for hydroxylation is 1. The topological polar surface area (TPSA) is 25.4 Å². The number of hydrogen-bond donors (Lipinski definition) is 0. The van der Waals surface area contributed by atoms with Crippen molar-refractivity contribution in [2.75, 3.05) is 31.2 Å². The quantitative estimate of drug-likeness (QED) is 0.694. The molecule has 0 saturated carbocycles. The largest absolute Gasteiger partial charge is 0.378 e. The van der Waals surface area contributed by atoms with Gasteiger partial charge in [0, 0.05) is 30.2 Å². The summed E-state index contributed by atoms with van der Waals surface area (Å²) < 4.78 is 32.5. The van der Waals surface area contributed by atoms with Gasteiger partial charge >= 0.3 is 0 Å². The second-order valence-electron chi connectivity index (χ2n) is 6.22. The normalized spacial score (nSPS) is 14.9. The molecule has 3 nitrogen and oxygen atoms in total. The van der Waals surface area contributed by atoms with Crippen LogP contribution in [-0.2, 0) is 4.74 Å². The molecule has 1 saturated heterocycles. The lowest BCUT2D eigenvalue weighted by Gasteiger charge is -2.29. The summed E-state index contributed by atoms with van der Waals surface area (Å²) in [5, 5.41) is 2.04. The lowest BCUT2D eigenvalue weighted by atomic mass is 9.96. The Balaban J connectivity index is 1.93. The van der Waals surface area contributed by atoms with E-state index in [1.165, 1.54) is 6.07 Å². The number of pyridine rings is 1. The highest BCUT2D eigenvalue weighted by Crippen LogP contribution is 2.35. The maximum atomic E-state index is 13.7. The van der Waals surface area contributed by atoms with Gasteiger partial charge in [-0.05, 0) is 35.6 Å². The van der Waals surface area contributed by atoms with Crippen LogP contribution in [0.1, 0.15) is 5.56 Å². The van der Waals surface area contributed by atoms with Crippen LogP contribution in [0.3, 0.4) is 0 Å². The van der Waals surface area contributed by atoms with Gasteiger partial charge in [0.15, 0.2) is 11.6 Å². The zero-order valence-corrected chi connectivity index (χ0v) is 13.9. The van der Waals surface area contributed by atoms with Crippen molar-refractivity contribution >= 4 is 16.6 Å². The molecule has 1 aliphatic rings. The smallest absolute Gasteiger partial charge is 0.159 e. The number of morpholine rings is 1. The van der Waals surface area contributed by atoms with Crippen LogP contribution in [0.5, 0.6) is 0 Å². The molecule has 1 aliphatic heterocycles. The first-order chi connectivity index (χ1) is 12.1. The van der Waals surface area contributed by atoms with Gasteiger partial charge in [-0.15, -0.1) is 0 Å². The molecule has 25 heavy (non-hydrogen) atoms. The van der Waals surface area contributed by atoms with E-state index in [0.29, 0.717) is 18.8 Å². The number of ether oxygens (including phenoxy) is 1. The van der Waals surface area contributed by atoms with Crippen molar-refractivity contribution in [3.8, 4) is 11.1 Å². The lowest BCUT2D eigenvalue weighted by molar-refractivity contribution is 0.122. The maximum absolute atomic E-state index is 13.7. The zero-order chi connectivity index (χ0) is 17.4. The van der Waals surface area contributed by atoms with E-state index in [-0.39, 0.29) is 0 Å². The van der Waals surface area contributed by atoms with Crippen LogP contribution in [0.15, 0.2) is 42.6 Å². The molecule has 0 N–H and O–H groups in total. The highest BCUT2D eigenvalue weighted by Gasteiger charge is 2.18. The molecule has 0 bridgehead atoms. The summed E-state index contributed by atoms with van der Waals surface area (Å²) in [5.74, 6) is -0.785. The number of hydrogen-bond acceptors (Lipinski definition) is 3. The van der Waals surface area contributed by atoms with Gasteiger partial charge in [0.25, 0.3) is 0 Å². The molecule has 0 aliphatic carbocycles. The van der Waals surface area contributed by atoms with E-state index < -0.39 is 11.6 Å². The predicted molar refractivity (Wildman–Crippen MR) is 94.9 cm³/mol. The van der Waals surface area contributed by atoms with Gasteiger partial charge in [0.05, 0.1) is 13.2 Å². The van der Waals surface area contributed by atoms with Crippen LogP contribution in [0.4, 0.5) is 14.6 Å². The van der Waals surface area contributed by atoms with Crippen molar-refractivity contribution in [2.45, 2.75) is 6.92 Å². The molecule has 1 fully saturated rings. The van der Waals surface area contributed by atoms with Gasteiger partial charge in [-0.3, -0.25) is 0 Å². The highest BCUT2D eigenvalue weighted by molar-refractivity contribution is 6.03. The molecule has 3 aromatic rings. The zero-order valence-electron chi connectivity index (χ0n) is 13.9. The second kappa shape index (κ2) is 6.41. The first kappa shape index (κ1) is 16.0. The van der Waals surface area contributed by atoms with Gasteiger partial charge in [0.2, 0.25) is 0 Å². The average Bonchev–Trinajstić information content (AvgIpc) is 2.64. The Kier molecular flexibility index (Phi) is 4.09. The number of halogens is 2. The summed E-state index contributed by atoms with van der Waals surface area (Å²) in [4.78, 5) is 6.86. The number of rotatable bonds is 2. The predicted octanol–water partition coefficient (Wildman–Crippen LogP) is 4.33. The Morgan fingerprint density at radius 1 is 1.04 bits per heavy atom. The number of aromatic nitrogens is 1. The van der Waals surface area contributed by atoms with E-state index in [1.807, 2.05) is 25.1 Å². The fourth-order valence-electron chi connectivity index (χ4n) is 3.38. The van der Waals surface area contributed by atoms with Crippen LogP contribution in [-0.4, -0.2) is 31.3 Å². The molecule has 0 radical (unpaired) electrons. The SMILES string of the molecule is Cc1cccc2c(N3CCOCC3)ncc(-c3ccc(F)c(F)c3)c12. The van der Waals surface area contributed by atoms with Crippen molar-refractivity contribution in [1.82, 2.24) is 4.98 Å². The Labute approximate surface area is 144 Å². The van der Waals surface area contributed by atoms with Crippen molar-refractivity contribution in [1.29, 1.82) is 0 Å².